The highest BCUT2D eigenvalue weighted by Gasteiger charge is 2.23. The van der Waals surface area contributed by atoms with Crippen molar-refractivity contribution in [2.75, 3.05) is 0 Å². The van der Waals surface area contributed by atoms with E-state index in [0.717, 1.165) is 61.6 Å². The molecule has 5 aromatic heterocycles. The van der Waals surface area contributed by atoms with Crippen LogP contribution in [0.25, 0.3) is 98.8 Å². The van der Waals surface area contributed by atoms with Crippen LogP contribution in [0.3, 0.4) is 0 Å². The molecule has 0 fully saturated rings. The zero-order chi connectivity index (χ0) is 36.6. The largest absolute Gasteiger partial charge is 0.255 e. The van der Waals surface area contributed by atoms with Gasteiger partial charge in [-0.2, -0.15) is 0 Å². The van der Waals surface area contributed by atoms with Crippen LogP contribution in [-0.4, -0.2) is 19.9 Å². The Hall–Kier alpha value is -7.08. The number of hydrogen-bond acceptors (Lipinski definition) is 5. The number of hydrogen-bond donors (Lipinski definition) is 0. The van der Waals surface area contributed by atoms with Crippen LogP contribution < -0.4 is 0 Å². The van der Waals surface area contributed by atoms with E-state index in [1.165, 1.54) is 37.2 Å². The van der Waals surface area contributed by atoms with Gasteiger partial charge in [0.05, 0.1) is 38.7 Å². The Bertz CT molecular complexity index is 2890. The summed E-state index contributed by atoms with van der Waals surface area (Å²) >= 11 is 1.82. The second kappa shape index (κ2) is 14.0. The van der Waals surface area contributed by atoms with Crippen LogP contribution in [0, 0.1) is 0 Å². The lowest BCUT2D eigenvalue weighted by atomic mass is 9.93. The first-order valence-electron chi connectivity index (χ1n) is 18.3. The first kappa shape index (κ1) is 32.6. The standard InChI is InChI=1S/C50H32N4S/c1-3-14-33(15-4-1)37-18-13-19-38(30-37)46-47-40-20-7-8-21-41(40)54-48(35-16-5-2-6-17-35)50(47)55-49(46)36-26-24-34(25-27-36)39-31-44(42-22-9-11-28-51-42)53-45(32-39)43-23-10-12-29-52-43/h1-32H. The fourth-order valence-corrected chi connectivity index (χ4v) is 8.72. The molecule has 0 N–H and O–H groups in total. The number of benzene rings is 5. The first-order valence-corrected chi connectivity index (χ1v) is 19.1. The van der Waals surface area contributed by atoms with E-state index in [9.17, 15) is 0 Å². The maximum absolute atomic E-state index is 5.30. The molecule has 0 saturated carbocycles. The Balaban J connectivity index is 1.18. The van der Waals surface area contributed by atoms with Crippen molar-refractivity contribution in [2.45, 2.75) is 0 Å². The smallest absolute Gasteiger partial charge is 0.0900 e. The Morgan fingerprint density at radius 2 is 0.927 bits per heavy atom. The minimum atomic E-state index is 0.806. The molecule has 0 spiro atoms. The van der Waals surface area contributed by atoms with Gasteiger partial charge in [-0.3, -0.25) is 9.97 Å². The zero-order valence-corrected chi connectivity index (χ0v) is 30.5. The van der Waals surface area contributed by atoms with Crippen LogP contribution in [0.1, 0.15) is 0 Å². The van der Waals surface area contributed by atoms with Crippen LogP contribution in [0.4, 0.5) is 0 Å². The van der Waals surface area contributed by atoms with Crippen molar-refractivity contribution in [1.82, 2.24) is 19.9 Å². The van der Waals surface area contributed by atoms with Crippen LogP contribution >= 0.6 is 11.3 Å². The van der Waals surface area contributed by atoms with Crippen LogP contribution in [0.15, 0.2) is 194 Å². The summed E-state index contributed by atoms with van der Waals surface area (Å²) in [5.74, 6) is 0. The lowest BCUT2D eigenvalue weighted by molar-refractivity contribution is 1.22. The van der Waals surface area contributed by atoms with E-state index in [4.69, 9.17) is 9.97 Å². The van der Waals surface area contributed by atoms with Gasteiger partial charge in [0.2, 0.25) is 0 Å². The van der Waals surface area contributed by atoms with Gasteiger partial charge in [-0.1, -0.05) is 133 Å². The Labute approximate surface area is 323 Å². The number of pyridine rings is 4. The van der Waals surface area contributed by atoms with Gasteiger partial charge in [-0.25, -0.2) is 9.97 Å². The first-order chi connectivity index (χ1) is 27.3. The number of fused-ring (bicyclic) bond motifs is 3. The molecule has 5 heterocycles. The van der Waals surface area contributed by atoms with E-state index >= 15 is 0 Å². The third-order valence-corrected chi connectivity index (χ3v) is 11.2. The molecule has 0 aliphatic rings. The van der Waals surface area contributed by atoms with Crippen molar-refractivity contribution in [1.29, 1.82) is 0 Å². The van der Waals surface area contributed by atoms with Gasteiger partial charge in [-0.05, 0) is 81.9 Å². The van der Waals surface area contributed by atoms with E-state index in [-0.39, 0.29) is 0 Å². The van der Waals surface area contributed by atoms with Gasteiger partial charge in [0.15, 0.2) is 0 Å². The summed E-state index contributed by atoms with van der Waals surface area (Å²) < 4.78 is 1.18. The number of thiophene rings is 1. The summed E-state index contributed by atoms with van der Waals surface area (Å²) in [5, 5.41) is 2.38. The molecule has 0 bridgehead atoms. The molecule has 258 valence electrons. The molecule has 10 rings (SSSR count). The third-order valence-electron chi connectivity index (χ3n) is 9.99. The van der Waals surface area contributed by atoms with Gasteiger partial charge >= 0.3 is 0 Å². The number of para-hydroxylation sites is 1. The molecule has 0 atom stereocenters. The topological polar surface area (TPSA) is 51.6 Å². The molecular weight excluding hydrogens is 689 g/mol. The molecule has 0 radical (unpaired) electrons. The van der Waals surface area contributed by atoms with Crippen molar-refractivity contribution in [3.05, 3.63) is 194 Å². The summed E-state index contributed by atoms with van der Waals surface area (Å²) in [6.07, 6.45) is 3.61. The van der Waals surface area contributed by atoms with Crippen LogP contribution in [-0.2, 0) is 0 Å². The van der Waals surface area contributed by atoms with E-state index in [0.29, 0.717) is 0 Å². The molecule has 0 aliphatic heterocycles. The highest BCUT2D eigenvalue weighted by atomic mass is 32.1. The maximum Gasteiger partial charge on any atom is 0.0900 e. The molecule has 10 aromatic rings. The summed E-state index contributed by atoms with van der Waals surface area (Å²) in [7, 11) is 0. The summed E-state index contributed by atoms with van der Waals surface area (Å²) in [6.45, 7) is 0. The molecule has 55 heavy (non-hydrogen) atoms. The fourth-order valence-electron chi connectivity index (χ4n) is 7.37. The molecule has 0 unspecified atom stereocenters. The van der Waals surface area contributed by atoms with Gasteiger partial charge in [0.25, 0.3) is 0 Å². The number of rotatable bonds is 7. The van der Waals surface area contributed by atoms with Gasteiger partial charge < -0.3 is 0 Å². The minimum absolute atomic E-state index is 0.806. The predicted octanol–water partition coefficient (Wildman–Crippen LogP) is 13.3. The average Bonchev–Trinajstić information content (AvgIpc) is 3.68. The quantitative estimate of drug-likeness (QED) is 0.164. The number of nitrogens with zero attached hydrogens (tertiary/aromatic N) is 4. The highest BCUT2D eigenvalue weighted by Crippen LogP contribution is 2.50. The lowest BCUT2D eigenvalue weighted by Crippen LogP contribution is -1.93. The molecule has 0 aliphatic carbocycles. The van der Waals surface area contributed by atoms with Crippen molar-refractivity contribution >= 4 is 32.3 Å². The zero-order valence-electron chi connectivity index (χ0n) is 29.7. The molecule has 4 nitrogen and oxygen atoms in total. The predicted molar refractivity (Wildman–Crippen MR) is 229 cm³/mol. The second-order valence-electron chi connectivity index (χ2n) is 13.4. The number of aromatic nitrogens is 4. The second-order valence-corrected chi connectivity index (χ2v) is 14.5. The summed E-state index contributed by atoms with van der Waals surface area (Å²) in [5.41, 5.74) is 14.4. The third kappa shape index (κ3) is 6.17. The van der Waals surface area contributed by atoms with Crippen LogP contribution in [0.2, 0.25) is 0 Å². The van der Waals surface area contributed by atoms with Gasteiger partial charge in [0, 0.05) is 39.2 Å². The molecule has 0 amide bonds. The Kier molecular flexibility index (Phi) is 8.32. The fraction of sp³-hybridized carbons (Fsp3) is 0. The Morgan fingerprint density at radius 1 is 0.364 bits per heavy atom. The SMILES string of the molecule is c1ccc(-c2cccc(-c3c(-c4ccc(-c5cc(-c6ccccn6)nc(-c6ccccn6)c5)cc4)sc4c(-c5ccccc5)nc5ccccc5c34)c2)cc1. The normalized spacial score (nSPS) is 11.3. The van der Waals surface area contributed by atoms with Crippen molar-refractivity contribution in [2.24, 2.45) is 0 Å². The molecular formula is C50H32N4S. The van der Waals surface area contributed by atoms with Crippen molar-refractivity contribution in [3.8, 4) is 77.9 Å². The minimum Gasteiger partial charge on any atom is -0.255 e. The van der Waals surface area contributed by atoms with Gasteiger partial charge in [0.1, 0.15) is 0 Å². The highest BCUT2D eigenvalue weighted by molar-refractivity contribution is 7.23. The molecule has 5 aromatic carbocycles. The van der Waals surface area contributed by atoms with Crippen molar-refractivity contribution < 1.29 is 0 Å². The lowest BCUT2D eigenvalue weighted by Gasteiger charge is -2.12. The summed E-state index contributed by atoms with van der Waals surface area (Å²) in [6, 6.07) is 63.7. The monoisotopic (exact) mass is 720 g/mol. The maximum atomic E-state index is 5.30. The van der Waals surface area contributed by atoms with E-state index in [2.05, 4.69) is 156 Å². The van der Waals surface area contributed by atoms with E-state index in [1.807, 2.05) is 47.7 Å². The average molecular weight is 721 g/mol. The van der Waals surface area contributed by atoms with Crippen LogP contribution in [0.5, 0.6) is 0 Å². The molecule has 5 heteroatoms. The van der Waals surface area contributed by atoms with E-state index in [1.54, 1.807) is 12.4 Å². The van der Waals surface area contributed by atoms with Crippen molar-refractivity contribution in [3.63, 3.8) is 0 Å². The summed E-state index contributed by atoms with van der Waals surface area (Å²) in [4.78, 5) is 20.7. The Morgan fingerprint density at radius 3 is 1.60 bits per heavy atom. The molecule has 0 saturated heterocycles. The van der Waals surface area contributed by atoms with E-state index < -0.39 is 0 Å². The van der Waals surface area contributed by atoms with Gasteiger partial charge in [-0.15, -0.1) is 11.3 Å².